The molecule has 0 radical (unpaired) electrons. The van der Waals surface area contributed by atoms with Gasteiger partial charge in [-0.1, -0.05) is 5.92 Å². The Morgan fingerprint density at radius 2 is 1.84 bits per heavy atom. The first kappa shape index (κ1) is 22.1. The van der Waals surface area contributed by atoms with Crippen molar-refractivity contribution in [2.75, 3.05) is 31.1 Å². The first-order valence-corrected chi connectivity index (χ1v) is 9.93. The Hall–Kier alpha value is -3.55. The molecule has 0 saturated carbocycles. The molecule has 1 saturated heterocycles. The zero-order valence-electron chi connectivity index (χ0n) is 18.4. The van der Waals surface area contributed by atoms with Crippen molar-refractivity contribution in [3.63, 3.8) is 0 Å². The normalized spacial score (nSPS) is 14.4. The molecule has 0 bridgehead atoms. The van der Waals surface area contributed by atoms with Crippen LogP contribution in [0.4, 0.5) is 10.7 Å². The summed E-state index contributed by atoms with van der Waals surface area (Å²) < 4.78 is 8.19. The van der Waals surface area contributed by atoms with E-state index < -0.39 is 17.1 Å². The van der Waals surface area contributed by atoms with Crippen molar-refractivity contribution in [3.8, 4) is 11.8 Å². The average Bonchev–Trinajstić information content (AvgIpc) is 3.07. The molecule has 1 aliphatic heterocycles. The zero-order chi connectivity index (χ0) is 22.9. The average molecular weight is 429 g/mol. The quantitative estimate of drug-likeness (QED) is 0.695. The van der Waals surface area contributed by atoms with Crippen molar-refractivity contribution in [2.45, 2.75) is 39.8 Å². The summed E-state index contributed by atoms with van der Waals surface area (Å²) in [5.74, 6) is 5.47. The lowest BCUT2D eigenvalue weighted by Gasteiger charge is -2.36. The predicted octanol–water partition coefficient (Wildman–Crippen LogP) is 0.309. The number of amides is 2. The van der Waals surface area contributed by atoms with Gasteiger partial charge in [0, 0.05) is 33.2 Å². The summed E-state index contributed by atoms with van der Waals surface area (Å²) in [5, 5.41) is 3.98. The van der Waals surface area contributed by atoms with Gasteiger partial charge in [0.25, 0.3) is 11.5 Å². The Morgan fingerprint density at radius 1 is 1.19 bits per heavy atom. The fourth-order valence-electron chi connectivity index (χ4n) is 3.35. The molecule has 0 aromatic carbocycles. The van der Waals surface area contributed by atoms with Crippen molar-refractivity contribution in [1.29, 1.82) is 0 Å². The van der Waals surface area contributed by atoms with Gasteiger partial charge in [-0.25, -0.2) is 14.5 Å². The van der Waals surface area contributed by atoms with Gasteiger partial charge >= 0.3 is 6.09 Å². The number of carbonyl (C=O) groups is 2. The lowest BCUT2D eigenvalue weighted by molar-refractivity contribution is 0.0240. The molecule has 31 heavy (non-hydrogen) atoms. The number of anilines is 1. The van der Waals surface area contributed by atoms with Crippen LogP contribution in [-0.2, 0) is 18.3 Å². The highest BCUT2D eigenvalue weighted by Crippen LogP contribution is 2.23. The summed E-state index contributed by atoms with van der Waals surface area (Å²) in [5.41, 5.74) is 4.80. The number of ether oxygens (including phenoxy) is 1. The van der Waals surface area contributed by atoms with E-state index in [0.717, 1.165) is 4.68 Å². The Morgan fingerprint density at radius 3 is 2.39 bits per heavy atom. The molecule has 2 aromatic rings. The first-order chi connectivity index (χ1) is 14.5. The number of aromatic nitrogens is 4. The second kappa shape index (κ2) is 8.29. The second-order valence-corrected chi connectivity index (χ2v) is 8.22. The minimum atomic E-state index is -0.770. The minimum Gasteiger partial charge on any atom is -0.444 e. The molecule has 2 aromatic heterocycles. The number of rotatable bonds is 3. The number of hydrogen-bond acceptors (Lipinski definition) is 7. The molecule has 0 aliphatic carbocycles. The van der Waals surface area contributed by atoms with E-state index >= 15 is 0 Å². The number of carbonyl (C=O) groups excluding carboxylic acids is 2. The van der Waals surface area contributed by atoms with Crippen LogP contribution in [0, 0.1) is 11.8 Å². The summed E-state index contributed by atoms with van der Waals surface area (Å²) in [6.07, 6.45) is -0.369. The highest BCUT2D eigenvalue weighted by molar-refractivity contribution is 6.02. The second-order valence-electron chi connectivity index (χ2n) is 8.22. The van der Waals surface area contributed by atoms with Gasteiger partial charge in [0.15, 0.2) is 5.69 Å². The van der Waals surface area contributed by atoms with Crippen molar-refractivity contribution in [2.24, 2.45) is 12.8 Å². The monoisotopic (exact) mass is 429 g/mol. The molecule has 0 spiro atoms. The Balaban J connectivity index is 1.99. The van der Waals surface area contributed by atoms with Crippen LogP contribution in [0.25, 0.3) is 11.0 Å². The number of fused-ring (bicyclic) bond motifs is 1. The van der Waals surface area contributed by atoms with Crippen LogP contribution in [0.2, 0.25) is 0 Å². The third-order valence-corrected chi connectivity index (χ3v) is 4.78. The predicted molar refractivity (Wildman–Crippen MR) is 115 cm³/mol. The van der Waals surface area contributed by atoms with Gasteiger partial charge in [0.2, 0.25) is 5.95 Å². The van der Waals surface area contributed by atoms with Gasteiger partial charge in [0.05, 0.1) is 6.54 Å². The number of piperazine rings is 1. The lowest BCUT2D eigenvalue weighted by atomic mass is 10.2. The summed E-state index contributed by atoms with van der Waals surface area (Å²) in [7, 11) is 1.45. The molecule has 0 unspecified atom stereocenters. The summed E-state index contributed by atoms with van der Waals surface area (Å²) in [6.45, 7) is 9.19. The van der Waals surface area contributed by atoms with Crippen LogP contribution in [0.5, 0.6) is 0 Å². The number of nitrogens with two attached hydrogens (primary N) is 1. The molecule has 166 valence electrons. The van der Waals surface area contributed by atoms with Gasteiger partial charge < -0.3 is 20.3 Å². The summed E-state index contributed by atoms with van der Waals surface area (Å²) >= 11 is 0. The topological polar surface area (TPSA) is 129 Å². The highest BCUT2D eigenvalue weighted by atomic mass is 16.6. The number of imidazole rings is 1. The van der Waals surface area contributed by atoms with E-state index in [4.69, 9.17) is 10.5 Å². The van der Waals surface area contributed by atoms with E-state index in [1.165, 1.54) is 7.05 Å². The van der Waals surface area contributed by atoms with Gasteiger partial charge in [-0.15, -0.1) is 5.92 Å². The Labute approximate surface area is 179 Å². The molecule has 11 heteroatoms. The van der Waals surface area contributed by atoms with Crippen LogP contribution < -0.4 is 16.2 Å². The fraction of sp³-hybridized carbons (Fsp3) is 0.550. The maximum atomic E-state index is 12.8. The third kappa shape index (κ3) is 4.47. The number of aryl methyl sites for hydroxylation is 1. The van der Waals surface area contributed by atoms with E-state index in [9.17, 15) is 14.4 Å². The number of hydrogen-bond donors (Lipinski definition) is 1. The standard InChI is InChI=1S/C20H27N7O4/c1-6-7-8-27-15-13(14(16(21)28)23-24(5)17(15)29)22-18(27)25-9-11-26(12-10-25)19(30)31-20(2,3)4/h8-12H2,1-5H3,(H2,21,28). The zero-order valence-corrected chi connectivity index (χ0v) is 18.4. The molecule has 3 rings (SSSR count). The molecule has 2 amide bonds. The molecule has 3 heterocycles. The van der Waals surface area contributed by atoms with Crippen molar-refractivity contribution >= 4 is 29.0 Å². The molecular weight excluding hydrogens is 402 g/mol. The summed E-state index contributed by atoms with van der Waals surface area (Å²) in [4.78, 5) is 45.2. The van der Waals surface area contributed by atoms with Gasteiger partial charge in [0.1, 0.15) is 16.6 Å². The maximum absolute atomic E-state index is 12.8. The minimum absolute atomic E-state index is 0.0750. The first-order valence-electron chi connectivity index (χ1n) is 9.93. The molecule has 11 nitrogen and oxygen atoms in total. The van der Waals surface area contributed by atoms with Gasteiger partial charge in [-0.2, -0.15) is 5.10 Å². The van der Waals surface area contributed by atoms with Crippen molar-refractivity contribution in [3.05, 3.63) is 16.0 Å². The van der Waals surface area contributed by atoms with E-state index in [-0.39, 0.29) is 29.4 Å². The van der Waals surface area contributed by atoms with Crippen LogP contribution >= 0.6 is 0 Å². The molecule has 1 aliphatic rings. The van der Waals surface area contributed by atoms with Gasteiger partial charge in [-0.3, -0.25) is 14.2 Å². The van der Waals surface area contributed by atoms with Crippen LogP contribution in [0.1, 0.15) is 38.2 Å². The number of primary amides is 1. The van der Waals surface area contributed by atoms with Crippen LogP contribution in [0.3, 0.4) is 0 Å². The Bertz CT molecular complexity index is 1140. The smallest absolute Gasteiger partial charge is 0.410 e. The summed E-state index contributed by atoms with van der Waals surface area (Å²) in [6, 6.07) is 0. The van der Waals surface area contributed by atoms with Crippen LogP contribution in [-0.4, -0.2) is 68.0 Å². The molecule has 0 atom stereocenters. The van der Waals surface area contributed by atoms with E-state index in [2.05, 4.69) is 21.9 Å². The van der Waals surface area contributed by atoms with Crippen molar-refractivity contribution < 1.29 is 14.3 Å². The maximum Gasteiger partial charge on any atom is 0.410 e. The van der Waals surface area contributed by atoms with Gasteiger partial charge in [-0.05, 0) is 27.7 Å². The molecule has 2 N–H and O–H groups in total. The third-order valence-electron chi connectivity index (χ3n) is 4.78. The van der Waals surface area contributed by atoms with E-state index in [1.807, 2.05) is 25.7 Å². The number of nitrogens with zero attached hydrogens (tertiary/aromatic N) is 6. The molecular formula is C20H27N7O4. The largest absolute Gasteiger partial charge is 0.444 e. The lowest BCUT2D eigenvalue weighted by Crippen LogP contribution is -2.50. The Kier molecular flexibility index (Phi) is 5.92. The fourth-order valence-corrected chi connectivity index (χ4v) is 3.35. The van der Waals surface area contributed by atoms with Crippen molar-refractivity contribution in [1.82, 2.24) is 24.2 Å². The highest BCUT2D eigenvalue weighted by Gasteiger charge is 2.29. The SMILES string of the molecule is CC#CCn1c(N2CCN(C(=O)OC(C)(C)C)CC2)nc2c(C(N)=O)nn(C)c(=O)c21. The van der Waals surface area contributed by atoms with E-state index in [0.29, 0.717) is 32.1 Å². The van der Waals surface area contributed by atoms with Crippen LogP contribution in [0.15, 0.2) is 4.79 Å². The van der Waals surface area contributed by atoms with E-state index in [1.54, 1.807) is 16.4 Å². The molecule has 1 fully saturated rings.